The Morgan fingerprint density at radius 1 is 1.52 bits per heavy atom. The smallest absolute Gasteiger partial charge is 0.337 e. The third-order valence-corrected chi connectivity index (χ3v) is 4.17. The van der Waals surface area contributed by atoms with Gasteiger partial charge in [0, 0.05) is 12.1 Å². The van der Waals surface area contributed by atoms with E-state index in [1.165, 1.54) is 26.4 Å². The van der Waals surface area contributed by atoms with Gasteiger partial charge in [-0.25, -0.2) is 4.79 Å². The van der Waals surface area contributed by atoms with E-state index < -0.39 is 0 Å². The summed E-state index contributed by atoms with van der Waals surface area (Å²) in [5.74, 6) is -0.351. The maximum absolute atomic E-state index is 11.6. The van der Waals surface area contributed by atoms with Gasteiger partial charge in [-0.2, -0.15) is 0 Å². The zero-order valence-electron chi connectivity index (χ0n) is 12.6. The van der Waals surface area contributed by atoms with Crippen molar-refractivity contribution in [2.24, 2.45) is 0 Å². The van der Waals surface area contributed by atoms with Gasteiger partial charge in [-0.15, -0.1) is 0 Å². The maximum atomic E-state index is 11.6. The number of esters is 1. The third-order valence-electron chi connectivity index (χ3n) is 3.84. The molecule has 0 aromatic heterocycles. The highest BCUT2D eigenvalue weighted by Gasteiger charge is 2.17. The monoisotopic (exact) mass is 310 g/mol. The van der Waals surface area contributed by atoms with E-state index in [2.05, 4.69) is 17.6 Å². The molecule has 2 rings (SSSR count). The van der Waals surface area contributed by atoms with E-state index in [-0.39, 0.29) is 12.0 Å². The minimum absolute atomic E-state index is 0.283. The van der Waals surface area contributed by atoms with Crippen LogP contribution in [-0.2, 0) is 4.74 Å². The van der Waals surface area contributed by atoms with Crippen LogP contribution in [0.25, 0.3) is 0 Å². The van der Waals surface area contributed by atoms with Crippen LogP contribution in [0.1, 0.15) is 43.0 Å². The second kappa shape index (κ2) is 7.66. The second-order valence-corrected chi connectivity index (χ2v) is 6.02. The highest BCUT2D eigenvalue weighted by Crippen LogP contribution is 2.25. The topological polar surface area (TPSA) is 50.4 Å². The highest BCUT2D eigenvalue weighted by atomic mass is 35.5. The predicted octanol–water partition coefficient (Wildman–Crippen LogP) is 3.46. The van der Waals surface area contributed by atoms with Crippen LogP contribution in [0.2, 0.25) is 5.02 Å². The van der Waals surface area contributed by atoms with Gasteiger partial charge in [0.1, 0.15) is 0 Å². The van der Waals surface area contributed by atoms with Crippen LogP contribution in [0.3, 0.4) is 0 Å². The van der Waals surface area contributed by atoms with Crippen LogP contribution in [-0.4, -0.2) is 31.7 Å². The highest BCUT2D eigenvalue weighted by molar-refractivity contribution is 6.33. The number of rotatable bonds is 5. The van der Waals surface area contributed by atoms with Crippen LogP contribution in [0.4, 0.5) is 5.69 Å². The molecule has 1 aliphatic heterocycles. The summed E-state index contributed by atoms with van der Waals surface area (Å²) < 4.78 is 4.74. The predicted molar refractivity (Wildman–Crippen MR) is 86.1 cm³/mol. The van der Waals surface area contributed by atoms with Crippen molar-refractivity contribution >= 4 is 23.3 Å². The molecular formula is C16H23ClN2O2. The lowest BCUT2D eigenvalue weighted by molar-refractivity contribution is 0.0601. The molecule has 2 unspecified atom stereocenters. The van der Waals surface area contributed by atoms with Crippen molar-refractivity contribution in [2.75, 3.05) is 19.0 Å². The molecule has 0 spiro atoms. The van der Waals surface area contributed by atoms with Gasteiger partial charge in [-0.05, 0) is 50.9 Å². The number of halogens is 1. The number of piperidine rings is 1. The fraction of sp³-hybridized carbons (Fsp3) is 0.562. The van der Waals surface area contributed by atoms with Crippen LogP contribution >= 0.6 is 11.6 Å². The first-order valence-corrected chi connectivity index (χ1v) is 7.85. The Kier molecular flexibility index (Phi) is 5.88. The first-order chi connectivity index (χ1) is 10.1. The molecule has 2 N–H and O–H groups in total. The van der Waals surface area contributed by atoms with Gasteiger partial charge in [0.05, 0.1) is 23.4 Å². The Morgan fingerprint density at radius 2 is 2.33 bits per heavy atom. The number of hydrogen-bond acceptors (Lipinski definition) is 4. The first kappa shape index (κ1) is 16.1. The van der Waals surface area contributed by atoms with Gasteiger partial charge < -0.3 is 15.4 Å². The number of nitrogens with one attached hydrogen (secondary N) is 2. The molecule has 0 saturated carbocycles. The summed E-state index contributed by atoms with van der Waals surface area (Å²) in [5.41, 5.74) is 1.29. The summed E-state index contributed by atoms with van der Waals surface area (Å²) in [7, 11) is 1.38. The lowest BCUT2D eigenvalue weighted by Gasteiger charge is -2.27. The Morgan fingerprint density at radius 3 is 3.00 bits per heavy atom. The standard InChI is InChI=1S/C16H23ClN2O2/c1-11(9-13-5-3-4-8-18-13)19-15-10-12(16(20)21-2)6-7-14(15)17/h6-7,10-11,13,18-19H,3-5,8-9H2,1-2H3. The number of carbonyl (C=O) groups excluding carboxylic acids is 1. The van der Waals surface area contributed by atoms with E-state index in [1.807, 2.05) is 0 Å². The lowest BCUT2D eigenvalue weighted by atomic mass is 9.98. The molecule has 4 nitrogen and oxygen atoms in total. The molecule has 1 fully saturated rings. The summed E-state index contributed by atoms with van der Waals surface area (Å²) >= 11 is 6.20. The number of carbonyl (C=O) groups is 1. The van der Waals surface area contributed by atoms with Crippen LogP contribution in [0, 0.1) is 0 Å². The van der Waals surface area contributed by atoms with Gasteiger partial charge in [-0.3, -0.25) is 0 Å². The molecule has 1 heterocycles. The molecule has 1 saturated heterocycles. The number of benzene rings is 1. The molecule has 1 aromatic carbocycles. The van der Waals surface area contributed by atoms with E-state index in [0.717, 1.165) is 18.7 Å². The number of hydrogen-bond donors (Lipinski definition) is 2. The fourth-order valence-corrected chi connectivity index (χ4v) is 2.93. The molecule has 2 atom stereocenters. The largest absolute Gasteiger partial charge is 0.465 e. The fourth-order valence-electron chi connectivity index (χ4n) is 2.76. The number of methoxy groups -OCH3 is 1. The molecule has 5 heteroatoms. The van der Waals surface area contributed by atoms with Crippen LogP contribution < -0.4 is 10.6 Å². The molecule has 0 aliphatic carbocycles. The zero-order chi connectivity index (χ0) is 15.2. The van der Waals surface area contributed by atoms with E-state index in [0.29, 0.717) is 16.6 Å². The summed E-state index contributed by atoms with van der Waals surface area (Å²) in [5, 5.41) is 7.56. The molecule has 116 valence electrons. The van der Waals surface area contributed by atoms with Gasteiger partial charge in [-0.1, -0.05) is 18.0 Å². The van der Waals surface area contributed by atoms with Gasteiger partial charge in [0.2, 0.25) is 0 Å². The summed E-state index contributed by atoms with van der Waals surface area (Å²) in [6.07, 6.45) is 4.83. The van der Waals surface area contributed by atoms with E-state index in [4.69, 9.17) is 16.3 Å². The number of ether oxygens (including phenoxy) is 1. The summed E-state index contributed by atoms with van der Waals surface area (Å²) in [6, 6.07) is 5.99. The maximum Gasteiger partial charge on any atom is 0.337 e. The Labute approximate surface area is 131 Å². The number of anilines is 1. The van der Waals surface area contributed by atoms with Gasteiger partial charge >= 0.3 is 5.97 Å². The van der Waals surface area contributed by atoms with Crippen molar-refractivity contribution in [2.45, 2.75) is 44.7 Å². The molecule has 1 aromatic rings. The Balaban J connectivity index is 1.98. The van der Waals surface area contributed by atoms with E-state index in [1.54, 1.807) is 18.2 Å². The second-order valence-electron chi connectivity index (χ2n) is 5.61. The Hall–Kier alpha value is -1.26. The molecule has 21 heavy (non-hydrogen) atoms. The first-order valence-electron chi connectivity index (χ1n) is 7.48. The zero-order valence-corrected chi connectivity index (χ0v) is 13.4. The van der Waals surface area contributed by atoms with Crippen LogP contribution in [0.5, 0.6) is 0 Å². The molecular weight excluding hydrogens is 288 g/mol. The average Bonchev–Trinajstić information content (AvgIpc) is 2.49. The molecule has 1 aliphatic rings. The quantitative estimate of drug-likeness (QED) is 0.818. The molecule has 0 amide bonds. The van der Waals surface area contributed by atoms with Crippen molar-refractivity contribution in [3.8, 4) is 0 Å². The summed E-state index contributed by atoms with van der Waals surface area (Å²) in [4.78, 5) is 11.6. The van der Waals surface area contributed by atoms with Crippen molar-refractivity contribution in [3.05, 3.63) is 28.8 Å². The van der Waals surface area contributed by atoms with Crippen molar-refractivity contribution in [1.29, 1.82) is 0 Å². The Bertz CT molecular complexity index is 487. The summed E-state index contributed by atoms with van der Waals surface area (Å²) in [6.45, 7) is 3.24. The minimum Gasteiger partial charge on any atom is -0.465 e. The minimum atomic E-state index is -0.351. The molecule has 0 radical (unpaired) electrons. The van der Waals surface area contributed by atoms with Crippen molar-refractivity contribution in [3.63, 3.8) is 0 Å². The van der Waals surface area contributed by atoms with E-state index in [9.17, 15) is 4.79 Å². The third kappa shape index (κ3) is 4.61. The van der Waals surface area contributed by atoms with Crippen molar-refractivity contribution < 1.29 is 9.53 Å². The normalized spacial score (nSPS) is 19.9. The molecule has 0 bridgehead atoms. The van der Waals surface area contributed by atoms with Crippen LogP contribution in [0.15, 0.2) is 18.2 Å². The van der Waals surface area contributed by atoms with Crippen molar-refractivity contribution in [1.82, 2.24) is 5.32 Å². The lowest BCUT2D eigenvalue weighted by Crippen LogP contribution is -2.37. The van der Waals surface area contributed by atoms with Gasteiger partial charge in [0.25, 0.3) is 0 Å². The average molecular weight is 311 g/mol. The van der Waals surface area contributed by atoms with E-state index >= 15 is 0 Å². The van der Waals surface area contributed by atoms with Gasteiger partial charge in [0.15, 0.2) is 0 Å². The SMILES string of the molecule is COC(=O)c1ccc(Cl)c(NC(C)CC2CCCCN2)c1.